The van der Waals surface area contributed by atoms with Gasteiger partial charge in [0.05, 0.1) is 5.41 Å². The fourth-order valence-electron chi connectivity index (χ4n) is 1.70. The second-order valence-electron chi connectivity index (χ2n) is 3.92. The Morgan fingerprint density at radius 1 is 1.15 bits per heavy atom. The predicted octanol–water partition coefficient (Wildman–Crippen LogP) is -1.85. The zero-order valence-electron chi connectivity index (χ0n) is 8.19. The predicted molar refractivity (Wildman–Crippen MR) is 50.8 cm³/mol. The Morgan fingerprint density at radius 2 is 1.77 bits per heavy atom. The Labute approximate surface area is 96.3 Å². The molecular weight excluding hydrogens is 273 g/mol. The monoisotopic (exact) mass is 287 g/mol. The molecule has 1 aromatic rings. The van der Waals surface area contributed by atoms with Crippen molar-refractivity contribution in [2.75, 3.05) is 0 Å². The molecule has 70 valence electrons. The topological polar surface area (TPSA) is 14.0 Å². The van der Waals surface area contributed by atoms with Gasteiger partial charge < -0.3 is 24.0 Å². The first kappa shape index (κ1) is 10.7. The Balaban J connectivity index is 0.000000845. The highest BCUT2D eigenvalue weighted by atomic mass is 127. The van der Waals surface area contributed by atoms with Crippen LogP contribution in [0.4, 0.5) is 5.69 Å². The van der Waals surface area contributed by atoms with E-state index in [-0.39, 0.29) is 29.4 Å². The van der Waals surface area contributed by atoms with Crippen LogP contribution in [-0.2, 0) is 5.41 Å². The van der Waals surface area contributed by atoms with Crippen molar-refractivity contribution in [1.82, 2.24) is 0 Å². The van der Waals surface area contributed by atoms with Gasteiger partial charge in [-0.3, -0.25) is 0 Å². The summed E-state index contributed by atoms with van der Waals surface area (Å²) < 4.78 is 0. The van der Waals surface area contributed by atoms with Crippen molar-refractivity contribution in [2.45, 2.75) is 26.2 Å². The summed E-state index contributed by atoms with van der Waals surface area (Å²) in [5.74, 6) is 0. The SMILES string of the molecule is CC1=[NH+]c2ccccc2C1(C)C.[I-]. The summed E-state index contributed by atoms with van der Waals surface area (Å²) >= 11 is 0. The van der Waals surface area contributed by atoms with Gasteiger partial charge in [-0.25, -0.2) is 4.99 Å². The Bertz CT molecular complexity index is 353. The van der Waals surface area contributed by atoms with Crippen LogP contribution in [0.15, 0.2) is 24.3 Å². The summed E-state index contributed by atoms with van der Waals surface area (Å²) in [6, 6.07) is 8.49. The van der Waals surface area contributed by atoms with E-state index in [2.05, 4.69) is 50.0 Å². The molecule has 0 saturated carbocycles. The summed E-state index contributed by atoms with van der Waals surface area (Å²) in [7, 11) is 0. The van der Waals surface area contributed by atoms with Crippen molar-refractivity contribution in [2.24, 2.45) is 0 Å². The van der Waals surface area contributed by atoms with Crippen LogP contribution in [0.1, 0.15) is 26.3 Å². The quantitative estimate of drug-likeness (QED) is 0.539. The zero-order valence-corrected chi connectivity index (χ0v) is 10.3. The molecule has 0 aliphatic carbocycles. The van der Waals surface area contributed by atoms with Crippen molar-refractivity contribution in [3.63, 3.8) is 0 Å². The first-order valence-corrected chi connectivity index (χ1v) is 4.33. The van der Waals surface area contributed by atoms with Gasteiger partial charge in [-0.1, -0.05) is 18.2 Å². The maximum Gasteiger partial charge on any atom is 0.207 e. The Morgan fingerprint density at radius 3 is 2.38 bits per heavy atom. The minimum absolute atomic E-state index is 0. The molecule has 0 spiro atoms. The van der Waals surface area contributed by atoms with Gasteiger partial charge in [-0.05, 0) is 13.8 Å². The van der Waals surface area contributed by atoms with Crippen LogP contribution in [0.25, 0.3) is 0 Å². The van der Waals surface area contributed by atoms with E-state index in [1.54, 1.807) is 0 Å². The van der Waals surface area contributed by atoms with Crippen LogP contribution in [0.3, 0.4) is 0 Å². The van der Waals surface area contributed by atoms with Gasteiger partial charge in [-0.15, -0.1) is 0 Å². The van der Waals surface area contributed by atoms with E-state index in [9.17, 15) is 0 Å². The van der Waals surface area contributed by atoms with E-state index in [0.717, 1.165) is 0 Å². The third kappa shape index (κ3) is 1.52. The third-order valence-corrected chi connectivity index (χ3v) is 2.86. The molecule has 0 amide bonds. The van der Waals surface area contributed by atoms with Crippen molar-refractivity contribution in [1.29, 1.82) is 0 Å². The Hall–Kier alpha value is -0.380. The molecule has 0 unspecified atom stereocenters. The van der Waals surface area contributed by atoms with E-state index < -0.39 is 0 Å². The lowest BCUT2D eigenvalue weighted by molar-refractivity contribution is -0.351. The van der Waals surface area contributed by atoms with Crippen LogP contribution >= 0.6 is 0 Å². The first-order chi connectivity index (χ1) is 5.62. The van der Waals surface area contributed by atoms with E-state index in [1.807, 2.05) is 0 Å². The van der Waals surface area contributed by atoms with Crippen LogP contribution in [0, 0.1) is 0 Å². The maximum atomic E-state index is 3.40. The fraction of sp³-hybridized carbons (Fsp3) is 0.364. The van der Waals surface area contributed by atoms with Gasteiger partial charge in [0.25, 0.3) is 0 Å². The fourth-order valence-corrected chi connectivity index (χ4v) is 1.70. The van der Waals surface area contributed by atoms with E-state index in [1.165, 1.54) is 17.0 Å². The lowest BCUT2D eigenvalue weighted by atomic mass is 9.82. The molecule has 1 nitrogen and oxygen atoms in total. The average Bonchev–Trinajstić information content (AvgIpc) is 2.25. The second-order valence-corrected chi connectivity index (χ2v) is 3.92. The molecule has 13 heavy (non-hydrogen) atoms. The molecule has 1 aliphatic heterocycles. The highest BCUT2D eigenvalue weighted by Crippen LogP contribution is 2.30. The summed E-state index contributed by atoms with van der Waals surface area (Å²) in [5.41, 5.74) is 4.20. The van der Waals surface area contributed by atoms with E-state index in [4.69, 9.17) is 0 Å². The lowest BCUT2D eigenvalue weighted by Crippen LogP contribution is -3.00. The number of halogens is 1. The molecule has 2 rings (SSSR count). The van der Waals surface area contributed by atoms with E-state index in [0.29, 0.717) is 0 Å². The normalized spacial score (nSPS) is 17.3. The van der Waals surface area contributed by atoms with Crippen molar-refractivity contribution in [3.05, 3.63) is 29.8 Å². The van der Waals surface area contributed by atoms with E-state index >= 15 is 0 Å². The lowest BCUT2D eigenvalue weighted by Gasteiger charge is -2.14. The minimum atomic E-state index is 0. The van der Waals surface area contributed by atoms with Gasteiger partial charge in [0.2, 0.25) is 5.69 Å². The average molecular weight is 287 g/mol. The van der Waals surface area contributed by atoms with Crippen molar-refractivity contribution in [3.8, 4) is 0 Å². The van der Waals surface area contributed by atoms with Gasteiger partial charge >= 0.3 is 0 Å². The number of rotatable bonds is 0. The zero-order chi connectivity index (χ0) is 8.77. The third-order valence-electron chi connectivity index (χ3n) is 2.86. The van der Waals surface area contributed by atoms with Crippen LogP contribution in [0.2, 0.25) is 0 Å². The number of benzene rings is 1. The van der Waals surface area contributed by atoms with Crippen LogP contribution in [-0.4, -0.2) is 5.71 Å². The molecule has 1 aliphatic rings. The summed E-state index contributed by atoms with van der Waals surface area (Å²) in [6.45, 7) is 6.66. The van der Waals surface area contributed by atoms with Crippen molar-refractivity contribution < 1.29 is 29.0 Å². The first-order valence-electron chi connectivity index (χ1n) is 4.33. The molecule has 0 radical (unpaired) electrons. The van der Waals surface area contributed by atoms with Crippen molar-refractivity contribution >= 4 is 11.4 Å². The highest BCUT2D eigenvalue weighted by molar-refractivity contribution is 5.91. The summed E-state index contributed by atoms with van der Waals surface area (Å²) in [6.07, 6.45) is 0. The van der Waals surface area contributed by atoms with Crippen LogP contribution < -0.4 is 29.0 Å². The molecule has 2 heteroatoms. The van der Waals surface area contributed by atoms with Gasteiger partial charge in [0, 0.05) is 18.6 Å². The summed E-state index contributed by atoms with van der Waals surface area (Å²) in [4.78, 5) is 3.40. The smallest absolute Gasteiger partial charge is 0.207 e. The molecule has 0 bridgehead atoms. The molecule has 0 fully saturated rings. The number of hydrogen-bond acceptors (Lipinski definition) is 0. The highest BCUT2D eigenvalue weighted by Gasteiger charge is 2.37. The second kappa shape index (κ2) is 3.40. The molecule has 0 saturated heterocycles. The minimum Gasteiger partial charge on any atom is -1.00 e. The largest absolute Gasteiger partial charge is 1.00 e. The number of fused-ring (bicyclic) bond motifs is 1. The maximum absolute atomic E-state index is 3.40. The molecule has 1 N–H and O–H groups in total. The number of para-hydroxylation sites is 1. The number of hydrogen-bond donors (Lipinski definition) is 1. The summed E-state index contributed by atoms with van der Waals surface area (Å²) in [5, 5.41) is 0. The molecule has 1 heterocycles. The molecular formula is C11H14IN. The van der Waals surface area contributed by atoms with Crippen LogP contribution in [0.5, 0.6) is 0 Å². The van der Waals surface area contributed by atoms with Gasteiger partial charge in [0.15, 0.2) is 5.71 Å². The van der Waals surface area contributed by atoms with Gasteiger partial charge in [-0.2, -0.15) is 0 Å². The molecule has 0 atom stereocenters. The van der Waals surface area contributed by atoms with Gasteiger partial charge in [0.1, 0.15) is 0 Å². The Kier molecular flexibility index (Phi) is 2.80. The number of nitrogens with one attached hydrogen (secondary N) is 1. The molecule has 1 aromatic carbocycles. The molecule has 0 aromatic heterocycles. The standard InChI is InChI=1S/C11H13N.HI/c1-8-11(2,3)9-6-4-5-7-10(9)12-8;/h4-7H,1-3H3;1H.